The molecule has 0 amide bonds. The predicted octanol–water partition coefficient (Wildman–Crippen LogP) is 16.4. The normalized spacial score (nSPS) is 12.1. The summed E-state index contributed by atoms with van der Waals surface area (Å²) in [6, 6.07) is 62.7. The van der Waals surface area contributed by atoms with E-state index in [4.69, 9.17) is 15.0 Å². The summed E-state index contributed by atoms with van der Waals surface area (Å²) in [7, 11) is 0. The Morgan fingerprint density at radius 2 is 0.757 bits per heavy atom. The molecule has 0 N–H and O–H groups in total. The SMILES string of the molecule is FC(F)(F)c1ccc(-c2cc(-c3nc(-c4ccccc4)nc(-c4ccccc4)n3)cc(-c3ccc(C(F)(F)F)cc3)c2-n2c3ccccc3c3c2ccc2c4ccccc4n(-c4ccccc4)c23)cc1. The van der Waals surface area contributed by atoms with Crippen molar-refractivity contribution in [3.8, 4) is 67.8 Å². The summed E-state index contributed by atoms with van der Waals surface area (Å²) in [5, 5.41) is 3.85. The van der Waals surface area contributed by atoms with Crippen LogP contribution in [0.5, 0.6) is 0 Å². The van der Waals surface area contributed by atoms with Crippen molar-refractivity contribution in [3.05, 3.63) is 223 Å². The number of halogens is 6. The summed E-state index contributed by atoms with van der Waals surface area (Å²) < 4.78 is 89.9. The van der Waals surface area contributed by atoms with Crippen LogP contribution in [0.1, 0.15) is 11.1 Å². The second-order valence-electron chi connectivity index (χ2n) is 17.0. The van der Waals surface area contributed by atoms with Crippen LogP contribution >= 0.6 is 0 Å². The zero-order valence-electron chi connectivity index (χ0n) is 36.7. The molecule has 9 aromatic carbocycles. The van der Waals surface area contributed by atoms with E-state index in [1.807, 2.05) is 133 Å². The first kappa shape index (κ1) is 42.5. The molecule has 338 valence electrons. The van der Waals surface area contributed by atoms with Crippen molar-refractivity contribution in [1.29, 1.82) is 0 Å². The Hall–Kier alpha value is -8.83. The van der Waals surface area contributed by atoms with Gasteiger partial charge in [-0.25, -0.2) is 15.0 Å². The van der Waals surface area contributed by atoms with E-state index in [0.717, 1.165) is 84.7 Å². The average molecular weight is 928 g/mol. The number of rotatable bonds is 7. The highest BCUT2D eigenvalue weighted by Crippen LogP contribution is 2.47. The van der Waals surface area contributed by atoms with E-state index >= 15 is 0 Å². The zero-order chi connectivity index (χ0) is 47.7. The molecule has 12 aromatic rings. The fourth-order valence-electron chi connectivity index (χ4n) is 9.65. The van der Waals surface area contributed by atoms with Crippen molar-refractivity contribution < 1.29 is 26.3 Å². The molecule has 70 heavy (non-hydrogen) atoms. The van der Waals surface area contributed by atoms with Crippen molar-refractivity contribution in [2.45, 2.75) is 12.4 Å². The second kappa shape index (κ2) is 16.4. The third-order valence-corrected chi connectivity index (χ3v) is 12.8. The van der Waals surface area contributed by atoms with Crippen molar-refractivity contribution in [3.63, 3.8) is 0 Å². The van der Waals surface area contributed by atoms with E-state index in [0.29, 0.717) is 45.2 Å². The zero-order valence-corrected chi connectivity index (χ0v) is 36.7. The minimum Gasteiger partial charge on any atom is -0.309 e. The largest absolute Gasteiger partial charge is 0.416 e. The van der Waals surface area contributed by atoms with Crippen LogP contribution < -0.4 is 0 Å². The lowest BCUT2D eigenvalue weighted by Gasteiger charge is -2.21. The van der Waals surface area contributed by atoms with Crippen LogP contribution in [0.4, 0.5) is 26.3 Å². The summed E-state index contributed by atoms with van der Waals surface area (Å²) in [5.41, 5.74) is 6.97. The Kier molecular flexibility index (Phi) is 9.99. The highest BCUT2D eigenvalue weighted by molar-refractivity contribution is 6.26. The minimum absolute atomic E-state index is 0.247. The number of hydrogen-bond donors (Lipinski definition) is 0. The van der Waals surface area contributed by atoms with Gasteiger partial charge in [-0.05, 0) is 77.9 Å². The Labute approximate surface area is 396 Å². The van der Waals surface area contributed by atoms with Gasteiger partial charge in [0.05, 0.1) is 38.9 Å². The maximum absolute atomic E-state index is 14.3. The molecule has 5 nitrogen and oxygen atoms in total. The average Bonchev–Trinajstić information content (AvgIpc) is 3.91. The van der Waals surface area contributed by atoms with Crippen molar-refractivity contribution in [2.75, 3.05) is 0 Å². The van der Waals surface area contributed by atoms with Crippen LogP contribution in [-0.4, -0.2) is 24.1 Å². The van der Waals surface area contributed by atoms with Gasteiger partial charge in [-0.15, -0.1) is 0 Å². The molecular formula is C59H35F6N5. The molecule has 0 aliphatic carbocycles. The Balaban J connectivity index is 1.23. The van der Waals surface area contributed by atoms with Gasteiger partial charge >= 0.3 is 12.4 Å². The fraction of sp³-hybridized carbons (Fsp3) is 0.0339. The number of benzene rings is 9. The smallest absolute Gasteiger partial charge is 0.309 e. The molecule has 0 bridgehead atoms. The monoisotopic (exact) mass is 927 g/mol. The van der Waals surface area contributed by atoms with E-state index in [1.54, 1.807) is 0 Å². The van der Waals surface area contributed by atoms with E-state index in [2.05, 4.69) is 39.5 Å². The van der Waals surface area contributed by atoms with Crippen molar-refractivity contribution >= 4 is 43.6 Å². The van der Waals surface area contributed by atoms with Crippen LogP contribution in [0, 0.1) is 0 Å². The molecule has 3 heterocycles. The van der Waals surface area contributed by atoms with Gasteiger partial charge in [-0.3, -0.25) is 0 Å². The molecule has 11 heteroatoms. The standard InChI is InChI=1S/C59H35F6N5/c60-58(61,62)41-28-24-36(25-29-41)47-34-40(57-67-55(38-14-4-1-5-15-38)66-56(68-57)39-16-6-2-7-17-39)35-48(37-26-30-42(31-27-37)59(63,64)65)53(47)70-50-23-13-11-21-46(50)52-51(70)33-32-45-44-20-10-12-22-49(44)69(54(45)52)43-18-8-3-9-19-43/h1-35H. The highest BCUT2D eigenvalue weighted by atomic mass is 19.4. The lowest BCUT2D eigenvalue weighted by molar-refractivity contribution is -0.138. The molecule has 0 spiro atoms. The number of nitrogens with zero attached hydrogens (tertiary/aromatic N) is 5. The van der Waals surface area contributed by atoms with Gasteiger partial charge in [0.15, 0.2) is 17.5 Å². The fourth-order valence-corrected chi connectivity index (χ4v) is 9.65. The first-order valence-corrected chi connectivity index (χ1v) is 22.4. The van der Waals surface area contributed by atoms with Gasteiger partial charge in [0.2, 0.25) is 0 Å². The molecule has 0 unspecified atom stereocenters. The number of fused-ring (bicyclic) bond motifs is 7. The molecule has 3 aromatic heterocycles. The van der Waals surface area contributed by atoms with Crippen LogP contribution in [0.2, 0.25) is 0 Å². The Bertz CT molecular complexity index is 3800. The molecule has 0 aliphatic rings. The third kappa shape index (κ3) is 7.25. The molecule has 0 saturated carbocycles. The lowest BCUT2D eigenvalue weighted by atomic mass is 9.91. The quantitative estimate of drug-likeness (QED) is 0.150. The first-order valence-electron chi connectivity index (χ1n) is 22.4. The number of aromatic nitrogens is 5. The van der Waals surface area contributed by atoms with E-state index in [9.17, 15) is 26.3 Å². The van der Waals surface area contributed by atoms with Gasteiger partial charge in [-0.1, -0.05) is 146 Å². The van der Waals surface area contributed by atoms with Gasteiger partial charge in [-0.2, -0.15) is 26.3 Å². The lowest BCUT2D eigenvalue weighted by Crippen LogP contribution is -2.06. The highest BCUT2D eigenvalue weighted by Gasteiger charge is 2.32. The summed E-state index contributed by atoms with van der Waals surface area (Å²) in [4.78, 5) is 14.9. The Morgan fingerprint density at radius 3 is 1.26 bits per heavy atom. The van der Waals surface area contributed by atoms with Crippen molar-refractivity contribution in [2.24, 2.45) is 0 Å². The third-order valence-electron chi connectivity index (χ3n) is 12.8. The summed E-state index contributed by atoms with van der Waals surface area (Å²) in [5.74, 6) is 0.999. The number of hydrogen-bond acceptors (Lipinski definition) is 3. The van der Waals surface area contributed by atoms with Gasteiger partial charge in [0, 0.05) is 55.0 Å². The molecule has 0 aliphatic heterocycles. The summed E-state index contributed by atoms with van der Waals surface area (Å²) >= 11 is 0. The summed E-state index contributed by atoms with van der Waals surface area (Å²) in [6.45, 7) is 0. The van der Waals surface area contributed by atoms with Crippen molar-refractivity contribution in [1.82, 2.24) is 24.1 Å². The molecule has 0 saturated heterocycles. The molecule has 0 fully saturated rings. The van der Waals surface area contributed by atoms with E-state index < -0.39 is 23.5 Å². The van der Waals surface area contributed by atoms with Crippen LogP contribution in [-0.2, 0) is 12.4 Å². The molecule has 12 rings (SSSR count). The topological polar surface area (TPSA) is 48.5 Å². The molecule has 0 radical (unpaired) electrons. The van der Waals surface area contributed by atoms with E-state index in [1.165, 1.54) is 24.3 Å². The predicted molar refractivity (Wildman–Crippen MR) is 266 cm³/mol. The van der Waals surface area contributed by atoms with Crippen LogP contribution in [0.3, 0.4) is 0 Å². The second-order valence-corrected chi connectivity index (χ2v) is 17.0. The Morgan fingerprint density at radius 1 is 0.329 bits per heavy atom. The van der Waals surface area contributed by atoms with E-state index in [-0.39, 0.29) is 5.82 Å². The van der Waals surface area contributed by atoms with Crippen LogP contribution in [0.25, 0.3) is 111 Å². The maximum Gasteiger partial charge on any atom is 0.416 e. The number of alkyl halides is 6. The maximum atomic E-state index is 14.3. The number of para-hydroxylation sites is 3. The summed E-state index contributed by atoms with van der Waals surface area (Å²) in [6.07, 6.45) is -9.23. The van der Waals surface area contributed by atoms with Gasteiger partial charge < -0.3 is 9.13 Å². The minimum atomic E-state index is -4.61. The van der Waals surface area contributed by atoms with Gasteiger partial charge in [0.1, 0.15) is 0 Å². The molecular weight excluding hydrogens is 893 g/mol. The van der Waals surface area contributed by atoms with Gasteiger partial charge in [0.25, 0.3) is 0 Å². The first-order chi connectivity index (χ1) is 34.0. The molecule has 0 atom stereocenters. The van der Waals surface area contributed by atoms with Crippen LogP contribution in [0.15, 0.2) is 212 Å².